The highest BCUT2D eigenvalue weighted by Crippen LogP contribution is 2.25. The molecule has 0 spiro atoms. The molecular weight excluding hydrogens is 318 g/mol. The van der Waals surface area contributed by atoms with Crippen LogP contribution >= 0.6 is 23.1 Å². The van der Waals surface area contributed by atoms with Crippen molar-refractivity contribution >= 4 is 39.8 Å². The van der Waals surface area contributed by atoms with E-state index in [1.165, 1.54) is 23.1 Å². The molecule has 0 saturated heterocycles. The van der Waals surface area contributed by atoms with Crippen LogP contribution in [0.2, 0.25) is 0 Å². The molecule has 1 aromatic carbocycles. The zero-order chi connectivity index (χ0) is 15.9. The molecule has 8 heteroatoms. The topological polar surface area (TPSA) is 90.7 Å². The molecule has 6 nitrogen and oxygen atoms in total. The predicted octanol–water partition coefficient (Wildman–Crippen LogP) is 2.96. The normalized spacial score (nSPS) is 10.3. The van der Waals surface area contributed by atoms with E-state index in [4.69, 9.17) is 5.26 Å². The van der Waals surface area contributed by atoms with Crippen molar-refractivity contribution in [3.05, 3.63) is 29.8 Å². The first-order chi connectivity index (χ1) is 10.6. The molecule has 2 rings (SSSR count). The second-order valence-corrected chi connectivity index (χ2v) is 6.90. The zero-order valence-electron chi connectivity index (χ0n) is 12.2. The van der Waals surface area contributed by atoms with Crippen molar-refractivity contribution in [2.45, 2.75) is 24.2 Å². The summed E-state index contributed by atoms with van der Waals surface area (Å²) in [6.07, 6.45) is 0. The molecule has 0 saturated carbocycles. The highest BCUT2D eigenvalue weighted by Gasteiger charge is 2.09. The van der Waals surface area contributed by atoms with Crippen LogP contribution in [0.3, 0.4) is 0 Å². The van der Waals surface area contributed by atoms with Gasteiger partial charge in [0.15, 0.2) is 4.34 Å². The third kappa shape index (κ3) is 5.02. The number of nitrogens with zero attached hydrogens (tertiary/aromatic N) is 3. The molecule has 1 amide bonds. The van der Waals surface area contributed by atoms with Gasteiger partial charge in [-0.3, -0.25) is 4.79 Å². The molecule has 0 radical (unpaired) electrons. The molecule has 0 unspecified atom stereocenters. The van der Waals surface area contributed by atoms with Crippen molar-refractivity contribution in [3.63, 3.8) is 0 Å². The lowest BCUT2D eigenvalue weighted by Crippen LogP contribution is -2.13. The first-order valence-corrected chi connectivity index (χ1v) is 8.40. The van der Waals surface area contributed by atoms with Crippen LogP contribution in [0.25, 0.3) is 0 Å². The van der Waals surface area contributed by atoms with Gasteiger partial charge in [0.2, 0.25) is 11.0 Å². The maximum atomic E-state index is 11.9. The van der Waals surface area contributed by atoms with Gasteiger partial charge in [0.05, 0.1) is 17.4 Å². The van der Waals surface area contributed by atoms with Crippen molar-refractivity contribution in [2.24, 2.45) is 0 Å². The molecule has 22 heavy (non-hydrogen) atoms. The lowest BCUT2D eigenvalue weighted by atomic mass is 10.2. The third-order valence-electron chi connectivity index (χ3n) is 2.44. The largest absolute Gasteiger partial charge is 0.358 e. The minimum atomic E-state index is -0.122. The van der Waals surface area contributed by atoms with Gasteiger partial charge in [-0.15, -0.1) is 10.2 Å². The maximum absolute atomic E-state index is 11.9. The summed E-state index contributed by atoms with van der Waals surface area (Å²) in [5.41, 5.74) is 1.23. The Morgan fingerprint density at radius 1 is 1.36 bits per heavy atom. The number of carbonyl (C=O) groups excluding carboxylic acids is 1. The molecule has 0 aliphatic rings. The summed E-state index contributed by atoms with van der Waals surface area (Å²) in [4.78, 5) is 11.9. The van der Waals surface area contributed by atoms with Crippen LogP contribution in [0.5, 0.6) is 0 Å². The van der Waals surface area contributed by atoms with Crippen LogP contribution in [0.4, 0.5) is 10.8 Å². The second-order valence-electron chi connectivity index (χ2n) is 4.70. The van der Waals surface area contributed by atoms with E-state index in [2.05, 4.69) is 20.8 Å². The predicted molar refractivity (Wildman–Crippen MR) is 89.2 cm³/mol. The van der Waals surface area contributed by atoms with E-state index < -0.39 is 0 Å². The first kappa shape index (κ1) is 16.3. The first-order valence-electron chi connectivity index (χ1n) is 6.59. The second kappa shape index (κ2) is 7.77. The van der Waals surface area contributed by atoms with Crippen LogP contribution in [0.15, 0.2) is 28.6 Å². The summed E-state index contributed by atoms with van der Waals surface area (Å²) in [6.45, 7) is 4.05. The molecule has 0 bridgehead atoms. The van der Waals surface area contributed by atoms with Gasteiger partial charge in [0.25, 0.3) is 0 Å². The average molecular weight is 333 g/mol. The number of hydrogen-bond acceptors (Lipinski definition) is 7. The molecular formula is C14H15N5OS2. The van der Waals surface area contributed by atoms with Crippen LogP contribution in [0.1, 0.15) is 19.4 Å². The van der Waals surface area contributed by atoms with E-state index in [0.29, 0.717) is 17.3 Å². The number of hydrogen-bond donors (Lipinski definition) is 2. The fourth-order valence-corrected chi connectivity index (χ4v) is 3.22. The standard InChI is InChI=1S/C14H15N5OS2/c1-9(2)16-13-18-19-14(22-13)21-8-12(20)17-11-5-3-10(7-15)4-6-11/h3-6,9H,8H2,1-2H3,(H,16,18)(H,17,20). The van der Waals surface area contributed by atoms with Crippen LogP contribution in [-0.4, -0.2) is 27.9 Å². The number of anilines is 2. The van der Waals surface area contributed by atoms with Gasteiger partial charge in [-0.05, 0) is 38.1 Å². The number of aromatic nitrogens is 2. The lowest BCUT2D eigenvalue weighted by molar-refractivity contribution is -0.113. The zero-order valence-corrected chi connectivity index (χ0v) is 13.8. The summed E-state index contributed by atoms with van der Waals surface area (Å²) >= 11 is 2.77. The highest BCUT2D eigenvalue weighted by atomic mass is 32.2. The summed E-state index contributed by atoms with van der Waals surface area (Å²) in [5.74, 6) is 0.138. The maximum Gasteiger partial charge on any atom is 0.234 e. The van der Waals surface area contributed by atoms with E-state index in [9.17, 15) is 4.79 Å². The Morgan fingerprint density at radius 3 is 2.73 bits per heavy atom. The Hall–Kier alpha value is -2.11. The van der Waals surface area contributed by atoms with Gasteiger partial charge >= 0.3 is 0 Å². The summed E-state index contributed by atoms with van der Waals surface area (Å²) in [6, 6.07) is 9.07. The Labute approximate surface area is 137 Å². The Bertz CT molecular complexity index is 675. The number of benzene rings is 1. The molecule has 114 valence electrons. The van der Waals surface area contributed by atoms with E-state index in [1.807, 2.05) is 19.9 Å². The van der Waals surface area contributed by atoms with Gasteiger partial charge in [-0.1, -0.05) is 23.1 Å². The monoisotopic (exact) mass is 333 g/mol. The van der Waals surface area contributed by atoms with E-state index in [0.717, 1.165) is 9.47 Å². The van der Waals surface area contributed by atoms with Crippen LogP contribution < -0.4 is 10.6 Å². The SMILES string of the molecule is CC(C)Nc1nnc(SCC(=O)Nc2ccc(C#N)cc2)s1. The smallest absolute Gasteiger partial charge is 0.234 e. The highest BCUT2D eigenvalue weighted by molar-refractivity contribution is 8.01. The van der Waals surface area contributed by atoms with Crippen molar-refractivity contribution < 1.29 is 4.79 Å². The molecule has 2 aromatic rings. The quantitative estimate of drug-likeness (QED) is 0.790. The van der Waals surface area contributed by atoms with Gasteiger partial charge in [-0.2, -0.15) is 5.26 Å². The molecule has 0 fully saturated rings. The van der Waals surface area contributed by atoms with E-state index in [-0.39, 0.29) is 11.7 Å². The number of thioether (sulfide) groups is 1. The van der Waals surface area contributed by atoms with Gasteiger partial charge in [0, 0.05) is 11.7 Å². The molecule has 0 aliphatic heterocycles. The number of amides is 1. The van der Waals surface area contributed by atoms with Gasteiger partial charge < -0.3 is 10.6 Å². The number of nitrogens with one attached hydrogen (secondary N) is 2. The Morgan fingerprint density at radius 2 is 2.09 bits per heavy atom. The van der Waals surface area contributed by atoms with Crippen LogP contribution in [0, 0.1) is 11.3 Å². The summed E-state index contributed by atoms with van der Waals surface area (Å²) < 4.78 is 0.748. The van der Waals surface area contributed by atoms with Crippen LogP contribution in [-0.2, 0) is 4.79 Å². The Balaban J connectivity index is 1.82. The number of nitriles is 1. The molecule has 1 aromatic heterocycles. The number of rotatable bonds is 6. The van der Waals surface area contributed by atoms with E-state index >= 15 is 0 Å². The minimum absolute atomic E-state index is 0.122. The molecule has 0 atom stereocenters. The van der Waals surface area contributed by atoms with Gasteiger partial charge in [-0.25, -0.2) is 0 Å². The summed E-state index contributed by atoms with van der Waals surface area (Å²) in [7, 11) is 0. The van der Waals surface area contributed by atoms with Gasteiger partial charge in [0.1, 0.15) is 0 Å². The van der Waals surface area contributed by atoms with Crippen molar-refractivity contribution in [1.29, 1.82) is 5.26 Å². The third-order valence-corrected chi connectivity index (χ3v) is 4.43. The fraction of sp³-hybridized carbons (Fsp3) is 0.286. The van der Waals surface area contributed by atoms with Crippen molar-refractivity contribution in [3.8, 4) is 6.07 Å². The minimum Gasteiger partial charge on any atom is -0.358 e. The molecule has 0 aliphatic carbocycles. The molecule has 2 N–H and O–H groups in total. The average Bonchev–Trinajstić information content (AvgIpc) is 2.93. The van der Waals surface area contributed by atoms with Crippen molar-refractivity contribution in [1.82, 2.24) is 10.2 Å². The van der Waals surface area contributed by atoms with Crippen molar-refractivity contribution in [2.75, 3.05) is 16.4 Å². The fourth-order valence-electron chi connectivity index (χ4n) is 1.53. The summed E-state index contributed by atoms with van der Waals surface area (Å²) in [5, 5.41) is 23.5. The number of carbonyl (C=O) groups is 1. The van der Waals surface area contributed by atoms with E-state index in [1.54, 1.807) is 24.3 Å². The Kier molecular flexibility index (Phi) is 5.75. The molecule has 1 heterocycles. The lowest BCUT2D eigenvalue weighted by Gasteiger charge is -2.04.